The molecule has 1 aromatic heterocycles. The predicted molar refractivity (Wildman–Crippen MR) is 53.6 cm³/mol. The van der Waals surface area contributed by atoms with Crippen molar-refractivity contribution in [1.82, 2.24) is 4.98 Å². The zero-order chi connectivity index (χ0) is 8.93. The fraction of sp³-hybridized carbons (Fsp3) is 0. The van der Waals surface area contributed by atoms with Crippen LogP contribution >= 0.6 is 11.8 Å². The zero-order valence-electron chi connectivity index (χ0n) is 6.97. The summed E-state index contributed by atoms with van der Waals surface area (Å²) in [6.07, 6.45) is 1.80. The average molecular weight is 186 g/mol. The number of nitrogens with zero attached hydrogens (tertiary/aromatic N) is 1. The highest BCUT2D eigenvalue weighted by molar-refractivity contribution is 7.99. The van der Waals surface area contributed by atoms with Crippen molar-refractivity contribution in [3.05, 3.63) is 54.7 Å². The lowest BCUT2D eigenvalue weighted by atomic mass is 10.4. The standard InChI is InChI=1S/C11H8NS/c1-2-6-10(7-3-1)13-11-8-4-5-9-12-11/h1-6,8-9H. The van der Waals surface area contributed by atoms with Crippen molar-refractivity contribution in [3.63, 3.8) is 0 Å². The van der Waals surface area contributed by atoms with E-state index in [1.165, 1.54) is 0 Å². The molecule has 1 nitrogen and oxygen atoms in total. The second kappa shape index (κ2) is 4.10. The van der Waals surface area contributed by atoms with Gasteiger partial charge in [-0.3, -0.25) is 0 Å². The molecule has 1 aromatic carbocycles. The van der Waals surface area contributed by atoms with Crippen LogP contribution in [0.4, 0.5) is 0 Å². The van der Waals surface area contributed by atoms with Gasteiger partial charge >= 0.3 is 0 Å². The molecule has 0 amide bonds. The van der Waals surface area contributed by atoms with Crippen LogP contribution < -0.4 is 0 Å². The van der Waals surface area contributed by atoms with Crippen molar-refractivity contribution in [3.8, 4) is 0 Å². The Morgan fingerprint density at radius 2 is 2.00 bits per heavy atom. The Bertz CT molecular complexity index is 321. The molecule has 2 rings (SSSR count). The van der Waals surface area contributed by atoms with Crippen LogP contribution in [-0.4, -0.2) is 4.98 Å². The number of pyridine rings is 1. The minimum Gasteiger partial charge on any atom is -0.250 e. The summed E-state index contributed by atoms with van der Waals surface area (Å²) in [7, 11) is 0. The van der Waals surface area contributed by atoms with E-state index in [0.29, 0.717) is 0 Å². The van der Waals surface area contributed by atoms with Gasteiger partial charge in [0.25, 0.3) is 0 Å². The molecular formula is C11H8NS. The molecule has 2 aromatic rings. The van der Waals surface area contributed by atoms with E-state index in [1.807, 2.05) is 42.5 Å². The lowest BCUT2D eigenvalue weighted by Crippen LogP contribution is -1.76. The Labute approximate surface area is 81.8 Å². The van der Waals surface area contributed by atoms with Crippen molar-refractivity contribution in [2.75, 3.05) is 0 Å². The lowest BCUT2D eigenvalue weighted by Gasteiger charge is -1.97. The van der Waals surface area contributed by atoms with Gasteiger partial charge in [0.1, 0.15) is 5.03 Å². The van der Waals surface area contributed by atoms with Gasteiger partial charge in [-0.25, -0.2) is 4.98 Å². The third-order valence-electron chi connectivity index (χ3n) is 1.53. The first-order valence-corrected chi connectivity index (χ1v) is 4.82. The third kappa shape index (κ3) is 2.33. The Morgan fingerprint density at radius 3 is 2.69 bits per heavy atom. The van der Waals surface area contributed by atoms with Gasteiger partial charge in [-0.05, 0) is 24.3 Å². The van der Waals surface area contributed by atoms with Gasteiger partial charge in [-0.15, -0.1) is 0 Å². The van der Waals surface area contributed by atoms with Crippen LogP contribution in [0.3, 0.4) is 0 Å². The molecule has 0 bridgehead atoms. The summed E-state index contributed by atoms with van der Waals surface area (Å²) in [5.41, 5.74) is 0. The highest BCUT2D eigenvalue weighted by Gasteiger charge is 1.95. The molecule has 0 atom stereocenters. The monoisotopic (exact) mass is 186 g/mol. The summed E-state index contributed by atoms with van der Waals surface area (Å²) < 4.78 is 0. The van der Waals surface area contributed by atoms with Gasteiger partial charge in [0.15, 0.2) is 0 Å². The summed E-state index contributed by atoms with van der Waals surface area (Å²) in [4.78, 5) is 5.32. The second-order valence-corrected chi connectivity index (χ2v) is 3.56. The van der Waals surface area contributed by atoms with Crippen molar-refractivity contribution < 1.29 is 0 Å². The predicted octanol–water partition coefficient (Wildman–Crippen LogP) is 3.03. The van der Waals surface area contributed by atoms with Gasteiger partial charge in [-0.2, -0.15) is 0 Å². The highest BCUT2D eigenvalue weighted by atomic mass is 32.2. The minimum absolute atomic E-state index is 1.00. The molecule has 0 saturated carbocycles. The normalized spacial score (nSPS) is 9.85. The van der Waals surface area contributed by atoms with Gasteiger partial charge in [0.05, 0.1) is 0 Å². The maximum atomic E-state index is 4.22. The lowest BCUT2D eigenvalue weighted by molar-refractivity contribution is 1.13. The highest BCUT2D eigenvalue weighted by Crippen LogP contribution is 2.24. The van der Waals surface area contributed by atoms with E-state index in [-0.39, 0.29) is 0 Å². The molecule has 0 unspecified atom stereocenters. The minimum atomic E-state index is 1.00. The average Bonchev–Trinajstić information content (AvgIpc) is 2.21. The molecule has 0 N–H and O–H groups in total. The molecule has 0 fully saturated rings. The van der Waals surface area contributed by atoms with E-state index in [2.05, 4.69) is 11.1 Å². The maximum absolute atomic E-state index is 4.22. The number of hydrogen-bond acceptors (Lipinski definition) is 2. The Morgan fingerprint density at radius 1 is 1.08 bits per heavy atom. The number of benzene rings is 1. The molecule has 0 aliphatic rings. The first kappa shape index (κ1) is 8.32. The molecule has 2 heteroatoms. The van der Waals surface area contributed by atoms with Crippen LogP contribution in [-0.2, 0) is 0 Å². The van der Waals surface area contributed by atoms with Gasteiger partial charge < -0.3 is 0 Å². The van der Waals surface area contributed by atoms with Crippen LogP contribution in [0.15, 0.2) is 58.6 Å². The number of aromatic nitrogens is 1. The van der Waals surface area contributed by atoms with Crippen LogP contribution in [0.2, 0.25) is 0 Å². The van der Waals surface area contributed by atoms with Crippen molar-refractivity contribution in [1.29, 1.82) is 0 Å². The van der Waals surface area contributed by atoms with Gasteiger partial charge in [-0.1, -0.05) is 36.0 Å². The van der Waals surface area contributed by atoms with E-state index in [4.69, 9.17) is 0 Å². The van der Waals surface area contributed by atoms with E-state index in [1.54, 1.807) is 18.0 Å². The Kier molecular flexibility index (Phi) is 2.62. The number of rotatable bonds is 2. The first-order chi connectivity index (χ1) is 6.45. The van der Waals surface area contributed by atoms with Crippen LogP contribution in [0.25, 0.3) is 0 Å². The molecule has 0 saturated heterocycles. The summed E-state index contributed by atoms with van der Waals surface area (Å²) in [6.45, 7) is 0. The largest absolute Gasteiger partial charge is 0.250 e. The zero-order valence-corrected chi connectivity index (χ0v) is 7.79. The fourth-order valence-corrected chi connectivity index (χ4v) is 1.72. The fourth-order valence-electron chi connectivity index (χ4n) is 0.960. The summed E-state index contributed by atoms with van der Waals surface area (Å²) in [6, 6.07) is 16.9. The van der Waals surface area contributed by atoms with Crippen molar-refractivity contribution in [2.24, 2.45) is 0 Å². The van der Waals surface area contributed by atoms with Crippen molar-refractivity contribution in [2.45, 2.75) is 9.92 Å². The van der Waals surface area contributed by atoms with Crippen LogP contribution in [0, 0.1) is 6.07 Å². The first-order valence-electron chi connectivity index (χ1n) is 4.01. The second-order valence-electron chi connectivity index (χ2n) is 2.50. The third-order valence-corrected chi connectivity index (χ3v) is 2.46. The smallest absolute Gasteiger partial charge is 0.101 e. The Balaban J connectivity index is 2.16. The molecule has 13 heavy (non-hydrogen) atoms. The molecule has 0 spiro atoms. The molecule has 63 valence electrons. The molecule has 0 aliphatic heterocycles. The summed E-state index contributed by atoms with van der Waals surface area (Å²) >= 11 is 1.62. The maximum Gasteiger partial charge on any atom is 0.101 e. The SMILES string of the molecule is [c]1ccccc1Sc1ccccn1. The van der Waals surface area contributed by atoms with Crippen LogP contribution in [0.5, 0.6) is 0 Å². The van der Waals surface area contributed by atoms with Gasteiger partial charge in [0, 0.05) is 11.1 Å². The Hall–Kier alpha value is -1.28. The van der Waals surface area contributed by atoms with Gasteiger partial charge in [0.2, 0.25) is 0 Å². The van der Waals surface area contributed by atoms with Crippen molar-refractivity contribution >= 4 is 11.8 Å². The van der Waals surface area contributed by atoms with Crippen LogP contribution in [0.1, 0.15) is 0 Å². The summed E-state index contributed by atoms with van der Waals surface area (Å²) in [5, 5.41) is 1.00. The van der Waals surface area contributed by atoms with E-state index >= 15 is 0 Å². The summed E-state index contributed by atoms with van der Waals surface area (Å²) in [5.74, 6) is 0. The number of hydrogen-bond donors (Lipinski definition) is 0. The van der Waals surface area contributed by atoms with E-state index in [9.17, 15) is 0 Å². The molecule has 1 heterocycles. The molecule has 0 aliphatic carbocycles. The van der Waals surface area contributed by atoms with E-state index in [0.717, 1.165) is 9.92 Å². The molecule has 1 radical (unpaired) electrons. The topological polar surface area (TPSA) is 12.9 Å². The van der Waals surface area contributed by atoms with E-state index < -0.39 is 0 Å². The quantitative estimate of drug-likeness (QED) is 0.715. The molecular weight excluding hydrogens is 178 g/mol.